The Kier molecular flexibility index (Phi) is 3.14. The summed E-state index contributed by atoms with van der Waals surface area (Å²) in [7, 11) is 1.91. The number of pyridine rings is 1. The van der Waals surface area contributed by atoms with E-state index in [9.17, 15) is 0 Å². The van der Waals surface area contributed by atoms with E-state index in [0.29, 0.717) is 6.04 Å². The molecule has 2 bridgehead atoms. The zero-order valence-electron chi connectivity index (χ0n) is 11.3. The van der Waals surface area contributed by atoms with E-state index < -0.39 is 0 Å². The van der Waals surface area contributed by atoms with Crippen LogP contribution in [0.1, 0.15) is 32.6 Å². The molecule has 2 saturated carbocycles. The van der Waals surface area contributed by atoms with Crippen molar-refractivity contribution in [3.63, 3.8) is 0 Å². The van der Waals surface area contributed by atoms with Gasteiger partial charge in [-0.2, -0.15) is 0 Å². The molecule has 0 radical (unpaired) electrons. The molecule has 3 nitrogen and oxygen atoms in total. The SMILES string of the molecule is CNc1cc(NC(C)C2CC3CCC2C3)ccn1. The Hall–Kier alpha value is -1.25. The average molecular weight is 245 g/mol. The number of fused-ring (bicyclic) bond motifs is 2. The number of hydrogen-bond acceptors (Lipinski definition) is 3. The van der Waals surface area contributed by atoms with E-state index in [1.54, 1.807) is 0 Å². The Morgan fingerprint density at radius 2 is 2.22 bits per heavy atom. The predicted octanol–water partition coefficient (Wildman–Crippen LogP) is 3.36. The molecular weight excluding hydrogens is 222 g/mol. The third-order valence-electron chi connectivity index (χ3n) is 4.85. The van der Waals surface area contributed by atoms with Crippen molar-refractivity contribution < 1.29 is 0 Å². The largest absolute Gasteiger partial charge is 0.382 e. The second-order valence-electron chi connectivity index (χ2n) is 5.95. The molecule has 4 atom stereocenters. The van der Waals surface area contributed by atoms with E-state index in [4.69, 9.17) is 0 Å². The monoisotopic (exact) mass is 245 g/mol. The Balaban J connectivity index is 1.65. The van der Waals surface area contributed by atoms with Gasteiger partial charge in [0, 0.05) is 31.0 Å². The molecular formula is C15H23N3. The molecule has 2 aliphatic rings. The van der Waals surface area contributed by atoms with Crippen LogP contribution in [0, 0.1) is 17.8 Å². The quantitative estimate of drug-likeness (QED) is 0.854. The minimum atomic E-state index is 0.576. The fourth-order valence-electron chi connectivity index (χ4n) is 3.93. The normalized spacial score (nSPS) is 31.3. The minimum absolute atomic E-state index is 0.576. The molecule has 1 aromatic rings. The second kappa shape index (κ2) is 4.79. The lowest BCUT2D eigenvalue weighted by Crippen LogP contribution is -2.29. The van der Waals surface area contributed by atoms with Crippen molar-refractivity contribution in [3.8, 4) is 0 Å². The van der Waals surface area contributed by atoms with E-state index in [1.165, 1.54) is 31.4 Å². The fraction of sp³-hybridized carbons (Fsp3) is 0.667. The highest BCUT2D eigenvalue weighted by Crippen LogP contribution is 2.49. The molecule has 3 heteroatoms. The van der Waals surface area contributed by atoms with Gasteiger partial charge in [-0.05, 0) is 50.0 Å². The third-order valence-corrected chi connectivity index (χ3v) is 4.85. The van der Waals surface area contributed by atoms with Crippen LogP contribution in [-0.4, -0.2) is 18.1 Å². The summed E-state index contributed by atoms with van der Waals surface area (Å²) in [6.07, 6.45) is 7.71. The van der Waals surface area contributed by atoms with Crippen molar-refractivity contribution in [3.05, 3.63) is 18.3 Å². The van der Waals surface area contributed by atoms with Gasteiger partial charge in [-0.3, -0.25) is 0 Å². The van der Waals surface area contributed by atoms with Crippen molar-refractivity contribution in [1.29, 1.82) is 0 Å². The van der Waals surface area contributed by atoms with Gasteiger partial charge in [0.05, 0.1) is 0 Å². The highest BCUT2D eigenvalue weighted by molar-refractivity contribution is 5.52. The average Bonchev–Trinajstić information content (AvgIpc) is 3.01. The summed E-state index contributed by atoms with van der Waals surface area (Å²) < 4.78 is 0. The van der Waals surface area contributed by atoms with Gasteiger partial charge in [-0.1, -0.05) is 6.42 Å². The summed E-state index contributed by atoms with van der Waals surface area (Å²) in [5, 5.41) is 6.75. The molecule has 18 heavy (non-hydrogen) atoms. The molecule has 2 N–H and O–H groups in total. The molecule has 0 aliphatic heterocycles. The van der Waals surface area contributed by atoms with Crippen LogP contribution in [0.15, 0.2) is 18.3 Å². The minimum Gasteiger partial charge on any atom is -0.382 e. The first kappa shape index (κ1) is 11.8. The zero-order chi connectivity index (χ0) is 12.5. The van der Waals surface area contributed by atoms with Crippen LogP contribution in [0.4, 0.5) is 11.5 Å². The van der Waals surface area contributed by atoms with Crippen LogP contribution in [0.5, 0.6) is 0 Å². The highest BCUT2D eigenvalue weighted by atomic mass is 15.0. The Morgan fingerprint density at radius 1 is 1.33 bits per heavy atom. The fourth-order valence-corrected chi connectivity index (χ4v) is 3.93. The van der Waals surface area contributed by atoms with E-state index >= 15 is 0 Å². The molecule has 98 valence electrons. The molecule has 4 unspecified atom stereocenters. The maximum atomic E-state index is 4.25. The Morgan fingerprint density at radius 3 is 2.89 bits per heavy atom. The van der Waals surface area contributed by atoms with Gasteiger partial charge in [0.25, 0.3) is 0 Å². The lowest BCUT2D eigenvalue weighted by atomic mass is 9.84. The number of nitrogens with zero attached hydrogens (tertiary/aromatic N) is 1. The lowest BCUT2D eigenvalue weighted by Gasteiger charge is -2.29. The molecule has 1 aromatic heterocycles. The smallest absolute Gasteiger partial charge is 0.127 e. The van der Waals surface area contributed by atoms with Gasteiger partial charge < -0.3 is 10.6 Å². The summed E-state index contributed by atoms with van der Waals surface area (Å²) in [4.78, 5) is 4.25. The van der Waals surface area contributed by atoms with Crippen LogP contribution >= 0.6 is 0 Å². The number of anilines is 2. The zero-order valence-corrected chi connectivity index (χ0v) is 11.3. The summed E-state index contributed by atoms with van der Waals surface area (Å²) in [6, 6.07) is 4.72. The highest BCUT2D eigenvalue weighted by Gasteiger charge is 2.41. The van der Waals surface area contributed by atoms with Gasteiger partial charge in [-0.15, -0.1) is 0 Å². The second-order valence-corrected chi connectivity index (χ2v) is 5.95. The topological polar surface area (TPSA) is 37.0 Å². The first-order valence-corrected chi connectivity index (χ1v) is 7.16. The van der Waals surface area contributed by atoms with Crippen LogP contribution in [0.2, 0.25) is 0 Å². The first-order chi connectivity index (χ1) is 8.76. The summed E-state index contributed by atoms with van der Waals surface area (Å²) in [5.41, 5.74) is 1.18. The van der Waals surface area contributed by atoms with Crippen molar-refractivity contribution in [1.82, 2.24) is 4.98 Å². The van der Waals surface area contributed by atoms with Crippen molar-refractivity contribution in [2.75, 3.05) is 17.7 Å². The number of rotatable bonds is 4. The van der Waals surface area contributed by atoms with Crippen LogP contribution in [0.3, 0.4) is 0 Å². The predicted molar refractivity (Wildman–Crippen MR) is 75.8 cm³/mol. The molecule has 1 heterocycles. The van der Waals surface area contributed by atoms with Crippen molar-refractivity contribution >= 4 is 11.5 Å². The number of aromatic nitrogens is 1. The maximum Gasteiger partial charge on any atom is 0.127 e. The molecule has 2 aliphatic carbocycles. The summed E-state index contributed by atoms with van der Waals surface area (Å²) >= 11 is 0. The molecule has 2 fully saturated rings. The van der Waals surface area contributed by atoms with Crippen molar-refractivity contribution in [2.45, 2.75) is 38.6 Å². The van der Waals surface area contributed by atoms with Crippen molar-refractivity contribution in [2.24, 2.45) is 17.8 Å². The standard InChI is InChI=1S/C15H23N3/c1-10(14-8-11-3-4-12(14)7-11)18-13-5-6-17-15(9-13)16-2/h5-6,9-12,14H,3-4,7-8H2,1-2H3,(H2,16,17,18). The molecule has 0 aromatic carbocycles. The summed E-state index contributed by atoms with van der Waals surface area (Å²) in [6.45, 7) is 2.34. The third kappa shape index (κ3) is 2.18. The Bertz CT molecular complexity index is 418. The van der Waals surface area contributed by atoms with Crippen LogP contribution < -0.4 is 10.6 Å². The number of nitrogens with one attached hydrogen (secondary N) is 2. The molecule has 3 rings (SSSR count). The van der Waals surface area contributed by atoms with E-state index in [0.717, 1.165) is 23.6 Å². The lowest BCUT2D eigenvalue weighted by molar-refractivity contribution is 0.304. The first-order valence-electron chi connectivity index (χ1n) is 7.16. The van der Waals surface area contributed by atoms with Crippen LogP contribution in [-0.2, 0) is 0 Å². The van der Waals surface area contributed by atoms with E-state index in [1.807, 2.05) is 13.2 Å². The van der Waals surface area contributed by atoms with E-state index in [-0.39, 0.29) is 0 Å². The van der Waals surface area contributed by atoms with Gasteiger partial charge in [0.2, 0.25) is 0 Å². The van der Waals surface area contributed by atoms with Gasteiger partial charge in [-0.25, -0.2) is 4.98 Å². The molecule has 0 spiro atoms. The molecule has 0 saturated heterocycles. The summed E-state index contributed by atoms with van der Waals surface area (Å²) in [5.74, 6) is 3.80. The van der Waals surface area contributed by atoms with Crippen LogP contribution in [0.25, 0.3) is 0 Å². The van der Waals surface area contributed by atoms with Gasteiger partial charge in [0.15, 0.2) is 0 Å². The number of hydrogen-bond donors (Lipinski definition) is 2. The van der Waals surface area contributed by atoms with Gasteiger partial charge in [0.1, 0.15) is 5.82 Å². The molecule has 0 amide bonds. The van der Waals surface area contributed by atoms with Gasteiger partial charge >= 0.3 is 0 Å². The Labute approximate surface area is 109 Å². The van der Waals surface area contributed by atoms with E-state index in [2.05, 4.69) is 34.7 Å². The maximum absolute atomic E-state index is 4.25.